The van der Waals surface area contributed by atoms with E-state index >= 15 is 0 Å². The average Bonchev–Trinajstić information content (AvgIpc) is 3.32. The second-order valence-corrected chi connectivity index (χ2v) is 5.54. The number of hydrogen-bond acceptors (Lipinski definition) is 4. The SMILES string of the molecule is Cn1[nH]c2cccc-2c1C(O)=C(C#N)n1ccc(-c2ccccn2)n1. The van der Waals surface area contributed by atoms with Crippen molar-refractivity contribution in [1.82, 2.24) is 24.5 Å². The van der Waals surface area contributed by atoms with Gasteiger partial charge in [-0.25, -0.2) is 4.68 Å². The van der Waals surface area contributed by atoms with Crippen LogP contribution in [0.25, 0.3) is 34.1 Å². The highest BCUT2D eigenvalue weighted by atomic mass is 16.3. The highest BCUT2D eigenvalue weighted by Gasteiger charge is 2.21. The fraction of sp³-hybridized carbons (Fsp3) is 0.0556. The molecule has 7 nitrogen and oxygen atoms in total. The van der Waals surface area contributed by atoms with Crippen molar-refractivity contribution in [2.75, 3.05) is 0 Å². The molecule has 7 heteroatoms. The molecule has 0 amide bonds. The van der Waals surface area contributed by atoms with Crippen LogP contribution in [0.3, 0.4) is 0 Å². The summed E-state index contributed by atoms with van der Waals surface area (Å²) in [6.45, 7) is 0. The van der Waals surface area contributed by atoms with E-state index in [4.69, 9.17) is 0 Å². The summed E-state index contributed by atoms with van der Waals surface area (Å²) in [5.74, 6) is -0.141. The molecule has 0 saturated carbocycles. The summed E-state index contributed by atoms with van der Waals surface area (Å²) < 4.78 is 3.04. The van der Waals surface area contributed by atoms with E-state index in [0.717, 1.165) is 11.3 Å². The van der Waals surface area contributed by atoms with Gasteiger partial charge in [0.05, 0.1) is 11.4 Å². The average molecular weight is 330 g/mol. The molecule has 122 valence electrons. The predicted molar refractivity (Wildman–Crippen MR) is 93.2 cm³/mol. The second kappa shape index (κ2) is 5.69. The Labute approximate surface area is 143 Å². The van der Waals surface area contributed by atoms with Crippen LogP contribution in [0.1, 0.15) is 5.69 Å². The maximum atomic E-state index is 10.7. The molecule has 4 rings (SSSR count). The quantitative estimate of drug-likeness (QED) is 0.445. The second-order valence-electron chi connectivity index (χ2n) is 5.54. The van der Waals surface area contributed by atoms with Crippen molar-refractivity contribution in [2.45, 2.75) is 0 Å². The third-order valence-corrected chi connectivity index (χ3v) is 3.99. The molecule has 0 atom stereocenters. The number of allylic oxidation sites excluding steroid dienone is 1. The third-order valence-electron chi connectivity index (χ3n) is 3.99. The van der Waals surface area contributed by atoms with E-state index in [-0.39, 0.29) is 11.5 Å². The standard InChI is InChI=1S/C18H14N6O/c1-23-17(12-5-4-7-13(12)21-23)18(25)16(11-19)24-10-8-15(22-24)14-6-2-3-9-20-14/h2-10,21,25H,1H3. The van der Waals surface area contributed by atoms with Gasteiger partial charge in [-0.3, -0.25) is 14.8 Å². The van der Waals surface area contributed by atoms with E-state index in [9.17, 15) is 10.4 Å². The number of aryl methyl sites for hydroxylation is 1. The van der Waals surface area contributed by atoms with Gasteiger partial charge in [0.2, 0.25) is 0 Å². The molecule has 0 unspecified atom stereocenters. The molecule has 2 aliphatic rings. The van der Waals surface area contributed by atoms with Crippen molar-refractivity contribution >= 4 is 11.5 Å². The van der Waals surface area contributed by atoms with Crippen molar-refractivity contribution in [3.8, 4) is 28.7 Å². The summed E-state index contributed by atoms with van der Waals surface area (Å²) in [5.41, 5.74) is 3.62. The molecule has 0 saturated heterocycles. The van der Waals surface area contributed by atoms with Crippen LogP contribution < -0.4 is 0 Å². The predicted octanol–water partition coefficient (Wildman–Crippen LogP) is 3.12. The molecule has 3 heterocycles. The lowest BCUT2D eigenvalue weighted by molar-refractivity contribution is 0.501. The number of hydrogen-bond donors (Lipinski definition) is 2. The maximum Gasteiger partial charge on any atom is 0.185 e. The molecular weight excluding hydrogens is 316 g/mol. The van der Waals surface area contributed by atoms with Crippen molar-refractivity contribution in [3.05, 3.63) is 60.6 Å². The largest absolute Gasteiger partial charge is 0.503 e. The number of H-pyrrole nitrogens is 1. The summed E-state index contributed by atoms with van der Waals surface area (Å²) in [6, 6.07) is 15.0. The van der Waals surface area contributed by atoms with Gasteiger partial charge < -0.3 is 5.11 Å². The monoisotopic (exact) mass is 330 g/mol. The van der Waals surface area contributed by atoms with Gasteiger partial charge in [-0.1, -0.05) is 18.2 Å². The summed E-state index contributed by atoms with van der Waals surface area (Å²) in [4.78, 5) is 4.24. The fourth-order valence-electron chi connectivity index (χ4n) is 2.85. The number of aromatic amines is 1. The van der Waals surface area contributed by atoms with Gasteiger partial charge in [0.15, 0.2) is 11.5 Å². The lowest BCUT2D eigenvalue weighted by Crippen LogP contribution is -2.04. The summed E-state index contributed by atoms with van der Waals surface area (Å²) >= 11 is 0. The smallest absolute Gasteiger partial charge is 0.185 e. The van der Waals surface area contributed by atoms with Gasteiger partial charge in [-0.05, 0) is 24.3 Å². The van der Waals surface area contributed by atoms with Crippen LogP contribution in [0.2, 0.25) is 0 Å². The van der Waals surface area contributed by atoms with Crippen molar-refractivity contribution < 1.29 is 5.11 Å². The number of nitrogens with one attached hydrogen (secondary N) is 1. The fourth-order valence-corrected chi connectivity index (χ4v) is 2.85. The van der Waals surface area contributed by atoms with E-state index in [1.165, 1.54) is 4.68 Å². The lowest BCUT2D eigenvalue weighted by atomic mass is 10.1. The summed E-state index contributed by atoms with van der Waals surface area (Å²) in [6.07, 6.45) is 3.31. The molecule has 0 radical (unpaired) electrons. The Morgan fingerprint density at radius 3 is 2.80 bits per heavy atom. The zero-order valence-electron chi connectivity index (χ0n) is 13.4. The first kappa shape index (κ1) is 14.8. The lowest BCUT2D eigenvalue weighted by Gasteiger charge is -2.06. The van der Waals surface area contributed by atoms with Gasteiger partial charge in [0.1, 0.15) is 17.5 Å². The zero-order chi connectivity index (χ0) is 17.4. The van der Waals surface area contributed by atoms with Crippen LogP contribution in [-0.2, 0) is 7.05 Å². The van der Waals surface area contributed by atoms with Crippen LogP contribution in [0.15, 0.2) is 54.9 Å². The van der Waals surface area contributed by atoms with Gasteiger partial charge in [0.25, 0.3) is 0 Å². The number of nitriles is 1. The van der Waals surface area contributed by atoms with E-state index in [2.05, 4.69) is 15.2 Å². The number of aromatic nitrogens is 5. The molecule has 25 heavy (non-hydrogen) atoms. The minimum atomic E-state index is -0.141. The number of fused-ring (bicyclic) bond motifs is 1. The Morgan fingerprint density at radius 1 is 1.16 bits per heavy atom. The normalized spacial score (nSPS) is 12.2. The Kier molecular flexibility index (Phi) is 3.36. The van der Waals surface area contributed by atoms with Gasteiger partial charge in [-0.2, -0.15) is 10.4 Å². The molecule has 2 N–H and O–H groups in total. The van der Waals surface area contributed by atoms with Gasteiger partial charge in [0, 0.05) is 25.0 Å². The Hall–Kier alpha value is -3.79. The number of nitrogens with zero attached hydrogens (tertiary/aromatic N) is 5. The Morgan fingerprint density at radius 2 is 2.04 bits per heavy atom. The summed E-state index contributed by atoms with van der Waals surface area (Å²) in [5, 5.41) is 27.8. The number of rotatable bonds is 3. The van der Waals surface area contributed by atoms with E-state index in [0.29, 0.717) is 17.1 Å². The van der Waals surface area contributed by atoms with E-state index < -0.39 is 0 Å². The first-order chi connectivity index (χ1) is 12.2. The van der Waals surface area contributed by atoms with Gasteiger partial charge >= 0.3 is 0 Å². The van der Waals surface area contributed by atoms with Crippen LogP contribution in [0.5, 0.6) is 0 Å². The number of aliphatic hydroxyl groups is 1. The molecule has 2 aromatic heterocycles. The Balaban J connectivity index is 1.82. The number of aliphatic hydroxyl groups excluding tert-OH is 1. The topological polar surface area (TPSA) is 95.5 Å². The molecule has 2 aromatic rings. The molecule has 1 aliphatic heterocycles. The van der Waals surface area contributed by atoms with Crippen LogP contribution in [0, 0.1) is 11.3 Å². The summed E-state index contributed by atoms with van der Waals surface area (Å²) in [7, 11) is 1.78. The molecule has 0 bridgehead atoms. The van der Waals surface area contributed by atoms with E-state index in [1.54, 1.807) is 30.2 Å². The highest BCUT2D eigenvalue weighted by molar-refractivity contribution is 5.89. The minimum Gasteiger partial charge on any atom is -0.503 e. The zero-order valence-corrected chi connectivity index (χ0v) is 13.4. The van der Waals surface area contributed by atoms with Crippen molar-refractivity contribution in [3.63, 3.8) is 0 Å². The molecular formula is C18H14N6O. The van der Waals surface area contributed by atoms with Crippen LogP contribution in [-0.4, -0.2) is 29.7 Å². The highest BCUT2D eigenvalue weighted by Crippen LogP contribution is 2.32. The molecule has 0 fully saturated rings. The van der Waals surface area contributed by atoms with Crippen LogP contribution in [0.4, 0.5) is 0 Å². The van der Waals surface area contributed by atoms with Crippen LogP contribution >= 0.6 is 0 Å². The van der Waals surface area contributed by atoms with E-state index in [1.807, 2.05) is 42.5 Å². The molecule has 0 spiro atoms. The van der Waals surface area contributed by atoms with Crippen molar-refractivity contribution in [2.24, 2.45) is 7.05 Å². The minimum absolute atomic E-state index is 0.0416. The number of pyridine rings is 1. The first-order valence-electron chi connectivity index (χ1n) is 7.63. The molecule has 1 aliphatic carbocycles. The maximum absolute atomic E-state index is 10.7. The Bertz CT molecular complexity index is 1080. The molecule has 0 aromatic carbocycles. The first-order valence-corrected chi connectivity index (χ1v) is 7.63. The van der Waals surface area contributed by atoms with Crippen molar-refractivity contribution in [1.29, 1.82) is 5.26 Å². The van der Waals surface area contributed by atoms with Gasteiger partial charge in [-0.15, -0.1) is 0 Å². The third kappa shape index (κ3) is 2.37.